The zero-order valence-electron chi connectivity index (χ0n) is 12.3. The lowest BCUT2D eigenvalue weighted by Gasteiger charge is -2.24. The summed E-state index contributed by atoms with van der Waals surface area (Å²) in [4.78, 5) is 0. The minimum atomic E-state index is 0.578. The SMILES string of the molecule is CCNC(C)C(CC)Cc1cccc2ccccc12. The molecule has 2 aromatic carbocycles. The number of nitrogens with one attached hydrogen (secondary N) is 1. The van der Waals surface area contributed by atoms with Crippen LogP contribution in [0.3, 0.4) is 0 Å². The molecule has 0 fully saturated rings. The van der Waals surface area contributed by atoms with E-state index < -0.39 is 0 Å². The largest absolute Gasteiger partial charge is 0.314 e. The Morgan fingerprint density at radius 2 is 1.74 bits per heavy atom. The Kier molecular flexibility index (Phi) is 4.98. The number of benzene rings is 2. The van der Waals surface area contributed by atoms with Gasteiger partial charge in [-0.25, -0.2) is 0 Å². The average molecular weight is 255 g/mol. The van der Waals surface area contributed by atoms with Gasteiger partial charge in [0.15, 0.2) is 0 Å². The summed E-state index contributed by atoms with van der Waals surface area (Å²) >= 11 is 0. The number of hydrogen-bond donors (Lipinski definition) is 1. The van der Waals surface area contributed by atoms with Gasteiger partial charge in [0.2, 0.25) is 0 Å². The van der Waals surface area contributed by atoms with Gasteiger partial charge in [-0.05, 0) is 42.1 Å². The number of rotatable bonds is 6. The molecule has 0 aliphatic heterocycles. The Bertz CT molecular complexity index is 513. The maximum absolute atomic E-state index is 3.56. The first-order valence-corrected chi connectivity index (χ1v) is 7.46. The van der Waals surface area contributed by atoms with Crippen molar-refractivity contribution in [1.82, 2.24) is 5.32 Å². The van der Waals surface area contributed by atoms with E-state index in [4.69, 9.17) is 0 Å². The van der Waals surface area contributed by atoms with Crippen LogP contribution in [0.4, 0.5) is 0 Å². The van der Waals surface area contributed by atoms with E-state index in [1.165, 1.54) is 22.8 Å². The Morgan fingerprint density at radius 3 is 2.47 bits per heavy atom. The molecule has 2 aromatic rings. The summed E-state index contributed by atoms with van der Waals surface area (Å²) in [5.74, 6) is 0.700. The minimum absolute atomic E-state index is 0.578. The van der Waals surface area contributed by atoms with Gasteiger partial charge >= 0.3 is 0 Å². The van der Waals surface area contributed by atoms with Crippen molar-refractivity contribution >= 4 is 10.8 Å². The average Bonchev–Trinajstić information content (AvgIpc) is 2.45. The van der Waals surface area contributed by atoms with Crippen molar-refractivity contribution in [3.8, 4) is 0 Å². The van der Waals surface area contributed by atoms with Crippen molar-refractivity contribution in [3.05, 3.63) is 48.0 Å². The fraction of sp³-hybridized carbons (Fsp3) is 0.444. The van der Waals surface area contributed by atoms with E-state index in [9.17, 15) is 0 Å². The van der Waals surface area contributed by atoms with Crippen LogP contribution in [0.25, 0.3) is 10.8 Å². The monoisotopic (exact) mass is 255 g/mol. The van der Waals surface area contributed by atoms with Crippen LogP contribution in [0.2, 0.25) is 0 Å². The van der Waals surface area contributed by atoms with E-state index in [-0.39, 0.29) is 0 Å². The molecule has 0 bridgehead atoms. The third kappa shape index (κ3) is 3.36. The Hall–Kier alpha value is -1.34. The quantitative estimate of drug-likeness (QED) is 0.806. The highest BCUT2D eigenvalue weighted by Crippen LogP contribution is 2.23. The summed E-state index contributed by atoms with van der Waals surface area (Å²) < 4.78 is 0. The molecule has 2 rings (SSSR count). The van der Waals surface area contributed by atoms with Crippen LogP contribution in [0, 0.1) is 5.92 Å². The highest BCUT2D eigenvalue weighted by atomic mass is 14.9. The van der Waals surface area contributed by atoms with Crippen molar-refractivity contribution in [3.63, 3.8) is 0 Å². The van der Waals surface area contributed by atoms with Crippen molar-refractivity contribution in [2.75, 3.05) is 6.54 Å². The first-order valence-electron chi connectivity index (χ1n) is 7.46. The molecular weight excluding hydrogens is 230 g/mol. The van der Waals surface area contributed by atoms with Gasteiger partial charge < -0.3 is 5.32 Å². The van der Waals surface area contributed by atoms with E-state index >= 15 is 0 Å². The lowest BCUT2D eigenvalue weighted by atomic mass is 9.88. The van der Waals surface area contributed by atoms with Crippen LogP contribution in [0.15, 0.2) is 42.5 Å². The van der Waals surface area contributed by atoms with E-state index in [1.54, 1.807) is 0 Å². The van der Waals surface area contributed by atoms with Gasteiger partial charge in [-0.1, -0.05) is 62.7 Å². The Labute approximate surface area is 117 Å². The predicted octanol–water partition coefficient (Wildman–Crippen LogP) is 4.41. The van der Waals surface area contributed by atoms with Crippen LogP contribution >= 0.6 is 0 Å². The van der Waals surface area contributed by atoms with Crippen molar-refractivity contribution in [2.45, 2.75) is 39.7 Å². The molecule has 1 heteroatoms. The molecule has 0 saturated carbocycles. The first-order chi connectivity index (χ1) is 9.26. The number of hydrogen-bond acceptors (Lipinski definition) is 1. The van der Waals surface area contributed by atoms with Gasteiger partial charge in [-0.15, -0.1) is 0 Å². The molecule has 0 aliphatic rings. The highest BCUT2D eigenvalue weighted by Gasteiger charge is 2.15. The normalized spacial score (nSPS) is 14.5. The fourth-order valence-electron chi connectivity index (χ4n) is 2.92. The van der Waals surface area contributed by atoms with E-state index in [0.29, 0.717) is 12.0 Å². The molecule has 0 spiro atoms. The molecule has 2 atom stereocenters. The van der Waals surface area contributed by atoms with E-state index in [1.807, 2.05) is 0 Å². The molecule has 0 aliphatic carbocycles. The molecule has 2 unspecified atom stereocenters. The molecule has 0 aromatic heterocycles. The number of fused-ring (bicyclic) bond motifs is 1. The third-order valence-electron chi connectivity index (χ3n) is 4.12. The second-order valence-corrected chi connectivity index (χ2v) is 5.36. The van der Waals surface area contributed by atoms with Crippen LogP contribution in [0.1, 0.15) is 32.8 Å². The van der Waals surface area contributed by atoms with E-state index in [2.05, 4.69) is 68.6 Å². The van der Waals surface area contributed by atoms with Crippen molar-refractivity contribution in [1.29, 1.82) is 0 Å². The molecule has 19 heavy (non-hydrogen) atoms. The lowest BCUT2D eigenvalue weighted by Crippen LogP contribution is -2.34. The topological polar surface area (TPSA) is 12.0 Å². The van der Waals surface area contributed by atoms with Crippen LogP contribution in [-0.2, 0) is 6.42 Å². The first kappa shape index (κ1) is 14.1. The molecule has 0 saturated heterocycles. The summed E-state index contributed by atoms with van der Waals surface area (Å²) in [5.41, 5.74) is 1.48. The molecular formula is C18H25N. The van der Waals surface area contributed by atoms with Crippen LogP contribution in [-0.4, -0.2) is 12.6 Å². The molecule has 102 valence electrons. The van der Waals surface area contributed by atoms with Crippen molar-refractivity contribution in [2.24, 2.45) is 5.92 Å². The molecule has 0 amide bonds. The van der Waals surface area contributed by atoms with E-state index in [0.717, 1.165) is 13.0 Å². The van der Waals surface area contributed by atoms with Crippen LogP contribution in [0.5, 0.6) is 0 Å². The lowest BCUT2D eigenvalue weighted by molar-refractivity contribution is 0.368. The summed E-state index contributed by atoms with van der Waals surface area (Å²) in [6, 6.07) is 15.9. The second-order valence-electron chi connectivity index (χ2n) is 5.36. The molecule has 1 nitrogen and oxygen atoms in total. The zero-order valence-corrected chi connectivity index (χ0v) is 12.3. The zero-order chi connectivity index (χ0) is 13.7. The molecule has 1 N–H and O–H groups in total. The van der Waals surface area contributed by atoms with Gasteiger partial charge in [0, 0.05) is 6.04 Å². The minimum Gasteiger partial charge on any atom is -0.314 e. The van der Waals surface area contributed by atoms with Crippen LogP contribution < -0.4 is 5.32 Å². The highest BCUT2D eigenvalue weighted by molar-refractivity contribution is 5.85. The summed E-state index contributed by atoms with van der Waals surface area (Å²) in [6.07, 6.45) is 2.38. The Balaban J connectivity index is 2.24. The van der Waals surface area contributed by atoms with Gasteiger partial charge in [0.25, 0.3) is 0 Å². The van der Waals surface area contributed by atoms with Crippen molar-refractivity contribution < 1.29 is 0 Å². The van der Waals surface area contributed by atoms with Gasteiger partial charge in [-0.2, -0.15) is 0 Å². The maximum atomic E-state index is 3.56. The Morgan fingerprint density at radius 1 is 1.00 bits per heavy atom. The second kappa shape index (κ2) is 6.72. The third-order valence-corrected chi connectivity index (χ3v) is 4.12. The van der Waals surface area contributed by atoms with Gasteiger partial charge in [0.05, 0.1) is 0 Å². The molecule has 0 radical (unpaired) electrons. The fourth-order valence-corrected chi connectivity index (χ4v) is 2.92. The van der Waals surface area contributed by atoms with Gasteiger partial charge in [-0.3, -0.25) is 0 Å². The smallest absolute Gasteiger partial charge is 0.00699 e. The standard InChI is InChI=1S/C18H25N/c1-4-15(14(3)19-5-2)13-17-11-8-10-16-9-6-7-12-18(16)17/h6-12,14-15,19H,4-5,13H2,1-3H3. The maximum Gasteiger partial charge on any atom is 0.00699 e. The summed E-state index contributed by atoms with van der Waals surface area (Å²) in [5, 5.41) is 6.33. The predicted molar refractivity (Wildman–Crippen MR) is 84.6 cm³/mol. The van der Waals surface area contributed by atoms with Gasteiger partial charge in [0.1, 0.15) is 0 Å². The molecule has 0 heterocycles. The summed E-state index contributed by atoms with van der Waals surface area (Å²) in [7, 11) is 0. The summed E-state index contributed by atoms with van der Waals surface area (Å²) in [6.45, 7) is 7.83.